The lowest BCUT2D eigenvalue weighted by Gasteiger charge is -2.00. The average Bonchev–Trinajstić information content (AvgIpc) is 3.09. The molecule has 3 nitrogen and oxygen atoms in total. The molecule has 2 unspecified atom stereocenters. The predicted molar refractivity (Wildman–Crippen MR) is 72.5 cm³/mol. The van der Waals surface area contributed by atoms with Crippen LogP contribution in [0.3, 0.4) is 0 Å². The third-order valence-corrected chi connectivity index (χ3v) is 3.36. The van der Waals surface area contributed by atoms with Crippen molar-refractivity contribution in [2.75, 3.05) is 6.61 Å². The standard InChI is InChI=1S/C15H28O3/c1-3-5-6-7-8-9-10-13-14(18-13)12-15(16)17-11-4-2/h13-14H,3-12H2,1-2H3. The summed E-state index contributed by atoms with van der Waals surface area (Å²) in [7, 11) is 0. The fourth-order valence-electron chi connectivity index (χ4n) is 2.18. The summed E-state index contributed by atoms with van der Waals surface area (Å²) in [5.74, 6) is -0.104. The Morgan fingerprint density at radius 1 is 1.00 bits per heavy atom. The summed E-state index contributed by atoms with van der Waals surface area (Å²) in [6.07, 6.45) is 10.8. The first-order valence-electron chi connectivity index (χ1n) is 7.59. The smallest absolute Gasteiger partial charge is 0.308 e. The summed E-state index contributed by atoms with van der Waals surface area (Å²) in [4.78, 5) is 11.3. The molecular formula is C15H28O3. The number of unbranched alkanes of at least 4 members (excludes halogenated alkanes) is 5. The monoisotopic (exact) mass is 256 g/mol. The van der Waals surface area contributed by atoms with Gasteiger partial charge in [-0.05, 0) is 12.8 Å². The van der Waals surface area contributed by atoms with E-state index in [1.807, 2.05) is 6.92 Å². The molecular weight excluding hydrogens is 228 g/mol. The quantitative estimate of drug-likeness (QED) is 0.320. The average molecular weight is 256 g/mol. The van der Waals surface area contributed by atoms with Gasteiger partial charge < -0.3 is 9.47 Å². The Balaban J connectivity index is 1.89. The third-order valence-electron chi connectivity index (χ3n) is 3.36. The molecule has 1 saturated heterocycles. The highest BCUT2D eigenvalue weighted by molar-refractivity contribution is 5.70. The zero-order chi connectivity index (χ0) is 13.2. The van der Waals surface area contributed by atoms with E-state index in [1.54, 1.807) is 0 Å². The van der Waals surface area contributed by atoms with E-state index in [1.165, 1.54) is 38.5 Å². The molecule has 1 aliphatic rings. The maximum absolute atomic E-state index is 11.3. The van der Waals surface area contributed by atoms with Crippen LogP contribution in [0.5, 0.6) is 0 Å². The summed E-state index contributed by atoms with van der Waals surface area (Å²) in [6.45, 7) is 4.77. The molecule has 0 saturated carbocycles. The molecule has 1 rings (SSSR count). The summed E-state index contributed by atoms with van der Waals surface area (Å²) in [5.41, 5.74) is 0. The van der Waals surface area contributed by atoms with Gasteiger partial charge >= 0.3 is 5.97 Å². The lowest BCUT2D eigenvalue weighted by molar-refractivity contribution is -0.144. The number of hydrogen-bond acceptors (Lipinski definition) is 3. The van der Waals surface area contributed by atoms with Gasteiger partial charge in [0.1, 0.15) is 0 Å². The second-order valence-electron chi connectivity index (χ2n) is 5.19. The zero-order valence-corrected chi connectivity index (χ0v) is 12.0. The number of hydrogen-bond donors (Lipinski definition) is 0. The second kappa shape index (κ2) is 9.37. The number of epoxide rings is 1. The molecule has 1 heterocycles. The van der Waals surface area contributed by atoms with Crippen LogP contribution in [0.2, 0.25) is 0 Å². The van der Waals surface area contributed by atoms with Crippen molar-refractivity contribution < 1.29 is 14.3 Å². The predicted octanol–water partition coefficient (Wildman–Crippen LogP) is 3.85. The van der Waals surface area contributed by atoms with Crippen molar-refractivity contribution in [3.8, 4) is 0 Å². The highest BCUT2D eigenvalue weighted by atomic mass is 16.6. The Labute approximate surface area is 111 Å². The van der Waals surface area contributed by atoms with Crippen LogP contribution in [-0.2, 0) is 14.3 Å². The molecule has 0 spiro atoms. The number of rotatable bonds is 11. The summed E-state index contributed by atoms with van der Waals surface area (Å²) >= 11 is 0. The van der Waals surface area contributed by atoms with E-state index in [-0.39, 0.29) is 12.1 Å². The first-order valence-corrected chi connectivity index (χ1v) is 7.59. The van der Waals surface area contributed by atoms with Crippen molar-refractivity contribution in [2.45, 2.75) is 83.8 Å². The normalized spacial score (nSPS) is 21.9. The minimum absolute atomic E-state index is 0.104. The van der Waals surface area contributed by atoms with Gasteiger partial charge in [-0.25, -0.2) is 0 Å². The minimum Gasteiger partial charge on any atom is -0.466 e. The van der Waals surface area contributed by atoms with Gasteiger partial charge in [0.2, 0.25) is 0 Å². The molecule has 0 aromatic carbocycles. The van der Waals surface area contributed by atoms with Gasteiger partial charge in [-0.15, -0.1) is 0 Å². The number of carbonyl (C=O) groups excluding carboxylic acids is 1. The van der Waals surface area contributed by atoms with Crippen LogP contribution in [0.1, 0.15) is 71.6 Å². The molecule has 0 bridgehead atoms. The van der Waals surface area contributed by atoms with Crippen LogP contribution in [0.4, 0.5) is 0 Å². The molecule has 1 fully saturated rings. The van der Waals surface area contributed by atoms with Crippen molar-refractivity contribution in [3.05, 3.63) is 0 Å². The third kappa shape index (κ3) is 7.00. The number of ether oxygens (including phenoxy) is 2. The van der Waals surface area contributed by atoms with Crippen molar-refractivity contribution in [3.63, 3.8) is 0 Å². The first kappa shape index (κ1) is 15.5. The van der Waals surface area contributed by atoms with Crippen molar-refractivity contribution in [1.82, 2.24) is 0 Å². The molecule has 106 valence electrons. The van der Waals surface area contributed by atoms with E-state index < -0.39 is 0 Å². The molecule has 3 heteroatoms. The molecule has 0 aromatic rings. The number of carbonyl (C=O) groups is 1. The molecule has 0 amide bonds. The van der Waals surface area contributed by atoms with Gasteiger partial charge in [-0.3, -0.25) is 4.79 Å². The van der Waals surface area contributed by atoms with E-state index in [4.69, 9.17) is 9.47 Å². The highest BCUT2D eigenvalue weighted by Crippen LogP contribution is 2.30. The molecule has 0 N–H and O–H groups in total. The van der Waals surface area contributed by atoms with Gasteiger partial charge in [0.15, 0.2) is 0 Å². The topological polar surface area (TPSA) is 38.8 Å². The molecule has 0 radical (unpaired) electrons. The number of esters is 1. The molecule has 18 heavy (non-hydrogen) atoms. The first-order chi connectivity index (χ1) is 8.77. The molecule has 2 atom stereocenters. The van der Waals surface area contributed by atoms with E-state index in [9.17, 15) is 4.79 Å². The summed E-state index contributed by atoms with van der Waals surface area (Å²) < 4.78 is 10.5. The van der Waals surface area contributed by atoms with E-state index in [2.05, 4.69) is 6.92 Å². The van der Waals surface area contributed by atoms with Gasteiger partial charge in [0.25, 0.3) is 0 Å². The van der Waals surface area contributed by atoms with Crippen LogP contribution < -0.4 is 0 Å². The Morgan fingerprint density at radius 3 is 2.44 bits per heavy atom. The Kier molecular flexibility index (Phi) is 8.06. The van der Waals surface area contributed by atoms with Crippen LogP contribution in [0.25, 0.3) is 0 Å². The van der Waals surface area contributed by atoms with Crippen molar-refractivity contribution in [2.24, 2.45) is 0 Å². The van der Waals surface area contributed by atoms with Crippen molar-refractivity contribution >= 4 is 5.97 Å². The van der Waals surface area contributed by atoms with E-state index >= 15 is 0 Å². The van der Waals surface area contributed by atoms with Crippen LogP contribution >= 0.6 is 0 Å². The highest BCUT2D eigenvalue weighted by Gasteiger charge is 2.39. The summed E-state index contributed by atoms with van der Waals surface area (Å²) in [6, 6.07) is 0. The lowest BCUT2D eigenvalue weighted by atomic mass is 10.1. The Bertz CT molecular complexity index is 228. The lowest BCUT2D eigenvalue weighted by Crippen LogP contribution is -2.09. The Hall–Kier alpha value is -0.570. The SMILES string of the molecule is CCCCCCCCC1OC1CC(=O)OCCC. The Morgan fingerprint density at radius 2 is 1.72 bits per heavy atom. The van der Waals surface area contributed by atoms with Crippen molar-refractivity contribution in [1.29, 1.82) is 0 Å². The van der Waals surface area contributed by atoms with Crippen LogP contribution in [0, 0.1) is 0 Å². The van der Waals surface area contributed by atoms with Crippen LogP contribution in [0.15, 0.2) is 0 Å². The zero-order valence-electron chi connectivity index (χ0n) is 12.0. The molecule has 1 aliphatic heterocycles. The van der Waals surface area contributed by atoms with Crippen LogP contribution in [-0.4, -0.2) is 24.8 Å². The van der Waals surface area contributed by atoms with E-state index in [0.29, 0.717) is 19.1 Å². The fraction of sp³-hybridized carbons (Fsp3) is 0.933. The second-order valence-corrected chi connectivity index (χ2v) is 5.19. The van der Waals surface area contributed by atoms with Gasteiger partial charge in [0.05, 0.1) is 25.2 Å². The largest absolute Gasteiger partial charge is 0.466 e. The molecule has 0 aliphatic carbocycles. The van der Waals surface area contributed by atoms with Gasteiger partial charge in [0, 0.05) is 0 Å². The summed E-state index contributed by atoms with van der Waals surface area (Å²) in [5, 5.41) is 0. The van der Waals surface area contributed by atoms with Gasteiger partial charge in [-0.1, -0.05) is 52.4 Å². The molecule has 0 aromatic heterocycles. The van der Waals surface area contributed by atoms with E-state index in [0.717, 1.165) is 12.8 Å². The maximum Gasteiger partial charge on any atom is 0.308 e. The maximum atomic E-state index is 11.3. The fourth-order valence-corrected chi connectivity index (χ4v) is 2.18. The minimum atomic E-state index is -0.104. The van der Waals surface area contributed by atoms with Gasteiger partial charge in [-0.2, -0.15) is 0 Å².